The van der Waals surface area contributed by atoms with Crippen molar-refractivity contribution in [3.05, 3.63) is 48.4 Å². The number of hydrogen-bond acceptors (Lipinski definition) is 2. The third kappa shape index (κ3) is 2.03. The molecule has 2 aromatic rings. The van der Waals surface area contributed by atoms with E-state index >= 15 is 0 Å². The predicted octanol–water partition coefficient (Wildman–Crippen LogP) is 3.16. The minimum absolute atomic E-state index is 0.00407. The molecule has 2 heterocycles. The second-order valence-corrected chi connectivity index (χ2v) is 3.13. The summed E-state index contributed by atoms with van der Waals surface area (Å²) in [5.74, 6) is 0. The van der Waals surface area contributed by atoms with Crippen LogP contribution in [0, 0.1) is 0 Å². The molecule has 0 saturated heterocycles. The molecule has 0 aliphatic carbocycles. The van der Waals surface area contributed by atoms with E-state index in [0.717, 1.165) is 12.3 Å². The molecule has 0 N–H and O–H groups in total. The van der Waals surface area contributed by atoms with Crippen molar-refractivity contribution in [2.24, 2.45) is 0 Å². The summed E-state index contributed by atoms with van der Waals surface area (Å²) in [6.45, 7) is 0. The summed E-state index contributed by atoms with van der Waals surface area (Å²) in [4.78, 5) is 7.58. The Morgan fingerprint density at radius 1 is 1.00 bits per heavy atom. The molecule has 2 nitrogen and oxygen atoms in total. The van der Waals surface area contributed by atoms with Gasteiger partial charge < -0.3 is 0 Å². The normalized spacial score (nSPS) is 11.4. The van der Waals surface area contributed by atoms with Gasteiger partial charge >= 0.3 is 6.18 Å². The molecular weight excluding hydrogens is 217 g/mol. The summed E-state index contributed by atoms with van der Waals surface area (Å²) in [6, 6.07) is 5.75. The Hall–Kier alpha value is -1.91. The fourth-order valence-electron chi connectivity index (χ4n) is 1.37. The number of nitrogens with zero attached hydrogens (tertiary/aromatic N) is 2. The van der Waals surface area contributed by atoms with Crippen LogP contribution in [0.25, 0.3) is 11.3 Å². The number of rotatable bonds is 1. The van der Waals surface area contributed by atoms with Gasteiger partial charge in [-0.15, -0.1) is 0 Å². The van der Waals surface area contributed by atoms with Crippen LogP contribution < -0.4 is 0 Å². The van der Waals surface area contributed by atoms with Crippen molar-refractivity contribution >= 4 is 0 Å². The largest absolute Gasteiger partial charge is 0.417 e. The zero-order valence-electron chi connectivity index (χ0n) is 8.07. The summed E-state index contributed by atoms with van der Waals surface area (Å²) in [5.41, 5.74) is -0.459. The van der Waals surface area contributed by atoms with Crippen LogP contribution in [0.15, 0.2) is 42.9 Å². The highest BCUT2D eigenvalue weighted by atomic mass is 19.4. The highest BCUT2D eigenvalue weighted by Gasteiger charge is 2.33. The molecule has 0 bridgehead atoms. The molecule has 0 unspecified atom stereocenters. The standard InChI is InChI=1S/C11H7F3N2/c12-11(13,14)9-4-6-15-7-8(9)10-3-1-2-5-16-10/h1-7H. The first-order valence-corrected chi connectivity index (χ1v) is 4.51. The second kappa shape index (κ2) is 3.92. The van der Waals surface area contributed by atoms with Crippen LogP contribution >= 0.6 is 0 Å². The van der Waals surface area contributed by atoms with E-state index in [4.69, 9.17) is 0 Å². The van der Waals surface area contributed by atoms with E-state index in [2.05, 4.69) is 9.97 Å². The van der Waals surface area contributed by atoms with Crippen molar-refractivity contribution < 1.29 is 13.2 Å². The van der Waals surface area contributed by atoms with Gasteiger partial charge in [-0.3, -0.25) is 9.97 Å². The molecular formula is C11H7F3N2. The SMILES string of the molecule is FC(F)(F)c1ccncc1-c1ccccn1. The number of alkyl halides is 3. The van der Waals surface area contributed by atoms with Crippen LogP contribution in [0.2, 0.25) is 0 Å². The maximum absolute atomic E-state index is 12.7. The van der Waals surface area contributed by atoms with E-state index in [1.807, 2.05) is 0 Å². The molecule has 82 valence electrons. The molecule has 2 aromatic heterocycles. The second-order valence-electron chi connectivity index (χ2n) is 3.13. The van der Waals surface area contributed by atoms with Crippen LogP contribution in [0.1, 0.15) is 5.56 Å². The maximum Gasteiger partial charge on any atom is 0.417 e. The van der Waals surface area contributed by atoms with Gasteiger partial charge in [0.2, 0.25) is 0 Å². The lowest BCUT2D eigenvalue weighted by atomic mass is 10.1. The number of pyridine rings is 2. The van der Waals surface area contributed by atoms with E-state index in [0.29, 0.717) is 0 Å². The third-order valence-corrected chi connectivity index (χ3v) is 2.07. The molecule has 0 aromatic carbocycles. The lowest BCUT2D eigenvalue weighted by Crippen LogP contribution is -2.07. The Morgan fingerprint density at radius 2 is 1.81 bits per heavy atom. The zero-order valence-corrected chi connectivity index (χ0v) is 8.07. The average Bonchev–Trinajstić information content (AvgIpc) is 2.29. The molecule has 0 aliphatic rings. The van der Waals surface area contributed by atoms with Gasteiger partial charge in [-0.25, -0.2) is 0 Å². The zero-order chi connectivity index (χ0) is 11.6. The lowest BCUT2D eigenvalue weighted by Gasteiger charge is -2.11. The Kier molecular flexibility index (Phi) is 2.60. The van der Waals surface area contributed by atoms with Crippen LogP contribution in [0.4, 0.5) is 13.2 Å². The number of hydrogen-bond donors (Lipinski definition) is 0. The Balaban J connectivity index is 2.58. The van der Waals surface area contributed by atoms with Gasteiger partial charge in [0.15, 0.2) is 0 Å². The van der Waals surface area contributed by atoms with Crippen LogP contribution in [0.5, 0.6) is 0 Å². The van der Waals surface area contributed by atoms with Crippen molar-refractivity contribution in [2.45, 2.75) is 6.18 Å². The van der Waals surface area contributed by atoms with E-state index in [-0.39, 0.29) is 11.3 Å². The molecule has 0 atom stereocenters. The minimum atomic E-state index is -4.39. The van der Waals surface area contributed by atoms with Gasteiger partial charge in [-0.1, -0.05) is 6.07 Å². The van der Waals surface area contributed by atoms with E-state index in [9.17, 15) is 13.2 Å². The highest BCUT2D eigenvalue weighted by Crippen LogP contribution is 2.35. The number of aromatic nitrogens is 2. The first-order chi connectivity index (χ1) is 7.59. The Morgan fingerprint density at radius 3 is 2.44 bits per heavy atom. The van der Waals surface area contributed by atoms with E-state index < -0.39 is 11.7 Å². The van der Waals surface area contributed by atoms with Crippen molar-refractivity contribution in [1.29, 1.82) is 0 Å². The molecule has 5 heteroatoms. The van der Waals surface area contributed by atoms with E-state index in [1.54, 1.807) is 12.1 Å². The maximum atomic E-state index is 12.7. The predicted molar refractivity (Wildman–Crippen MR) is 52.5 cm³/mol. The van der Waals surface area contributed by atoms with Crippen molar-refractivity contribution in [2.75, 3.05) is 0 Å². The van der Waals surface area contributed by atoms with Crippen molar-refractivity contribution in [3.8, 4) is 11.3 Å². The lowest BCUT2D eigenvalue weighted by molar-refractivity contribution is -0.137. The van der Waals surface area contributed by atoms with Gasteiger partial charge in [0.25, 0.3) is 0 Å². The number of halogens is 3. The van der Waals surface area contributed by atoms with Crippen LogP contribution in [-0.2, 0) is 6.18 Å². The average molecular weight is 224 g/mol. The molecule has 0 fully saturated rings. The van der Waals surface area contributed by atoms with Gasteiger partial charge in [-0.05, 0) is 18.2 Å². The smallest absolute Gasteiger partial charge is 0.264 e. The minimum Gasteiger partial charge on any atom is -0.264 e. The molecule has 16 heavy (non-hydrogen) atoms. The molecule has 0 radical (unpaired) electrons. The van der Waals surface area contributed by atoms with Gasteiger partial charge in [-0.2, -0.15) is 13.2 Å². The van der Waals surface area contributed by atoms with Crippen molar-refractivity contribution in [1.82, 2.24) is 9.97 Å². The highest BCUT2D eigenvalue weighted by molar-refractivity contribution is 5.62. The van der Waals surface area contributed by atoms with E-state index in [1.165, 1.54) is 18.5 Å². The summed E-state index contributed by atoms with van der Waals surface area (Å²) in [5, 5.41) is 0. The van der Waals surface area contributed by atoms with Crippen LogP contribution in [0.3, 0.4) is 0 Å². The molecule has 2 rings (SSSR count). The molecule has 0 amide bonds. The summed E-state index contributed by atoms with van der Waals surface area (Å²) in [6.07, 6.45) is -0.654. The van der Waals surface area contributed by atoms with Crippen molar-refractivity contribution in [3.63, 3.8) is 0 Å². The quantitative estimate of drug-likeness (QED) is 0.743. The summed E-state index contributed by atoms with van der Waals surface area (Å²) >= 11 is 0. The molecule has 0 spiro atoms. The fraction of sp³-hybridized carbons (Fsp3) is 0.0909. The first-order valence-electron chi connectivity index (χ1n) is 4.51. The Labute approximate surface area is 89.8 Å². The third-order valence-electron chi connectivity index (χ3n) is 2.07. The van der Waals surface area contributed by atoms with Gasteiger partial charge in [0, 0.05) is 24.2 Å². The monoisotopic (exact) mass is 224 g/mol. The summed E-state index contributed by atoms with van der Waals surface area (Å²) < 4.78 is 38.0. The molecule has 0 aliphatic heterocycles. The topological polar surface area (TPSA) is 25.8 Å². The first kappa shape index (κ1) is 10.6. The van der Waals surface area contributed by atoms with Crippen LogP contribution in [-0.4, -0.2) is 9.97 Å². The van der Waals surface area contributed by atoms with Gasteiger partial charge in [0.05, 0.1) is 11.3 Å². The van der Waals surface area contributed by atoms with Gasteiger partial charge in [0.1, 0.15) is 0 Å². The fourth-order valence-corrected chi connectivity index (χ4v) is 1.37. The summed E-state index contributed by atoms with van der Waals surface area (Å²) in [7, 11) is 0. The Bertz CT molecular complexity index is 480. The molecule has 0 saturated carbocycles.